The SMILES string of the molecule is CCC=C(OCC)C(=O)OS(=O)(=O)c1ccccc1. The smallest absolute Gasteiger partial charge is 0.388 e. The van der Waals surface area contributed by atoms with Crippen LogP contribution in [0.4, 0.5) is 0 Å². The number of rotatable bonds is 6. The molecule has 19 heavy (non-hydrogen) atoms. The fourth-order valence-corrected chi connectivity index (χ4v) is 2.19. The van der Waals surface area contributed by atoms with Gasteiger partial charge in [-0.05, 0) is 31.6 Å². The molecule has 0 unspecified atom stereocenters. The second-order valence-corrected chi connectivity index (χ2v) is 5.09. The van der Waals surface area contributed by atoms with Crippen LogP contribution in [0.25, 0.3) is 0 Å². The number of carbonyl (C=O) groups excluding carboxylic acids is 1. The predicted octanol–water partition coefficient (Wildman–Crippen LogP) is 2.25. The fourth-order valence-electron chi connectivity index (χ4n) is 1.32. The second-order valence-electron chi connectivity index (χ2n) is 3.55. The zero-order chi connectivity index (χ0) is 14.3. The van der Waals surface area contributed by atoms with Gasteiger partial charge in [0.25, 0.3) is 0 Å². The van der Waals surface area contributed by atoms with E-state index < -0.39 is 16.1 Å². The van der Waals surface area contributed by atoms with E-state index in [0.717, 1.165) is 0 Å². The molecule has 0 N–H and O–H groups in total. The van der Waals surface area contributed by atoms with Crippen LogP contribution < -0.4 is 0 Å². The Hall–Kier alpha value is -1.82. The topological polar surface area (TPSA) is 69.7 Å². The highest BCUT2D eigenvalue weighted by atomic mass is 32.2. The van der Waals surface area contributed by atoms with Gasteiger partial charge in [0.15, 0.2) is 0 Å². The summed E-state index contributed by atoms with van der Waals surface area (Å²) >= 11 is 0. The quantitative estimate of drug-likeness (QED) is 0.455. The lowest BCUT2D eigenvalue weighted by molar-refractivity contribution is -0.133. The van der Waals surface area contributed by atoms with Gasteiger partial charge in [0.1, 0.15) is 4.90 Å². The average Bonchev–Trinajstić information content (AvgIpc) is 2.39. The lowest BCUT2D eigenvalue weighted by Crippen LogP contribution is -2.16. The molecule has 0 aliphatic carbocycles. The van der Waals surface area contributed by atoms with Gasteiger partial charge in [0.2, 0.25) is 5.76 Å². The molecule has 0 fully saturated rings. The first-order valence-electron chi connectivity index (χ1n) is 5.88. The second kappa shape index (κ2) is 6.94. The van der Waals surface area contributed by atoms with E-state index in [2.05, 4.69) is 4.18 Å². The summed E-state index contributed by atoms with van der Waals surface area (Å²) in [6.07, 6.45) is 2.02. The molecule has 0 radical (unpaired) electrons. The van der Waals surface area contributed by atoms with E-state index in [9.17, 15) is 13.2 Å². The third kappa shape index (κ3) is 4.40. The van der Waals surface area contributed by atoms with Crippen LogP contribution in [0.5, 0.6) is 0 Å². The van der Waals surface area contributed by atoms with Crippen LogP contribution in [-0.4, -0.2) is 21.0 Å². The first kappa shape index (κ1) is 15.2. The lowest BCUT2D eigenvalue weighted by Gasteiger charge is -2.08. The Morgan fingerprint density at radius 2 is 1.84 bits per heavy atom. The van der Waals surface area contributed by atoms with Crippen molar-refractivity contribution in [2.45, 2.75) is 25.2 Å². The highest BCUT2D eigenvalue weighted by molar-refractivity contribution is 7.87. The highest BCUT2D eigenvalue weighted by Crippen LogP contribution is 2.14. The zero-order valence-corrected chi connectivity index (χ0v) is 11.6. The molecule has 0 heterocycles. The van der Waals surface area contributed by atoms with Crippen molar-refractivity contribution in [2.24, 2.45) is 0 Å². The third-order valence-corrected chi connectivity index (χ3v) is 3.33. The van der Waals surface area contributed by atoms with Crippen molar-refractivity contribution < 1.29 is 22.1 Å². The van der Waals surface area contributed by atoms with Crippen molar-refractivity contribution in [3.05, 3.63) is 42.2 Å². The van der Waals surface area contributed by atoms with E-state index in [1.807, 2.05) is 0 Å². The number of hydrogen-bond acceptors (Lipinski definition) is 5. The Bertz CT molecular complexity index is 546. The summed E-state index contributed by atoms with van der Waals surface area (Å²) < 4.78 is 33.2. The summed E-state index contributed by atoms with van der Waals surface area (Å²) in [6, 6.07) is 7.47. The van der Waals surface area contributed by atoms with Gasteiger partial charge in [-0.1, -0.05) is 25.1 Å². The van der Waals surface area contributed by atoms with Gasteiger partial charge in [-0.15, -0.1) is 0 Å². The molecule has 0 bridgehead atoms. The van der Waals surface area contributed by atoms with E-state index in [1.54, 1.807) is 32.0 Å². The summed E-state index contributed by atoms with van der Waals surface area (Å²) in [5.41, 5.74) is 0. The number of benzene rings is 1. The molecule has 1 aromatic carbocycles. The summed E-state index contributed by atoms with van der Waals surface area (Å²) in [4.78, 5) is 11.6. The maximum absolute atomic E-state index is 11.8. The van der Waals surface area contributed by atoms with Crippen molar-refractivity contribution in [1.29, 1.82) is 0 Å². The Morgan fingerprint density at radius 3 is 2.37 bits per heavy atom. The maximum Gasteiger partial charge on any atom is 0.388 e. The standard InChI is InChI=1S/C13H16O5S/c1-3-8-12(17-4-2)13(14)18-19(15,16)11-9-6-5-7-10-11/h5-10H,3-4H2,1-2H3. The van der Waals surface area contributed by atoms with Gasteiger partial charge >= 0.3 is 16.1 Å². The molecule has 0 aliphatic rings. The lowest BCUT2D eigenvalue weighted by atomic mass is 10.4. The van der Waals surface area contributed by atoms with Crippen LogP contribution in [0.15, 0.2) is 47.1 Å². The van der Waals surface area contributed by atoms with Crippen LogP contribution in [0, 0.1) is 0 Å². The normalized spacial score (nSPS) is 12.0. The Balaban J connectivity index is 2.89. The molecule has 1 aromatic rings. The minimum absolute atomic E-state index is 0.0734. The van der Waals surface area contributed by atoms with Crippen molar-refractivity contribution in [3.8, 4) is 0 Å². The van der Waals surface area contributed by atoms with Crippen molar-refractivity contribution in [2.75, 3.05) is 6.61 Å². The summed E-state index contributed by atoms with van der Waals surface area (Å²) in [7, 11) is -4.11. The Labute approximate surface area is 113 Å². The van der Waals surface area contributed by atoms with Crippen LogP contribution in [-0.2, 0) is 23.8 Å². The average molecular weight is 284 g/mol. The third-order valence-electron chi connectivity index (χ3n) is 2.11. The van der Waals surface area contributed by atoms with Crippen LogP contribution >= 0.6 is 0 Å². The minimum atomic E-state index is -4.11. The van der Waals surface area contributed by atoms with E-state index in [0.29, 0.717) is 6.42 Å². The van der Waals surface area contributed by atoms with Gasteiger partial charge in [-0.2, -0.15) is 8.42 Å². The van der Waals surface area contributed by atoms with E-state index >= 15 is 0 Å². The van der Waals surface area contributed by atoms with Crippen LogP contribution in [0.2, 0.25) is 0 Å². The van der Waals surface area contributed by atoms with E-state index in [-0.39, 0.29) is 17.3 Å². The van der Waals surface area contributed by atoms with E-state index in [1.165, 1.54) is 18.2 Å². The largest absolute Gasteiger partial charge is 0.487 e. The van der Waals surface area contributed by atoms with Gasteiger partial charge < -0.3 is 8.92 Å². The Kier molecular flexibility index (Phi) is 5.57. The van der Waals surface area contributed by atoms with Crippen molar-refractivity contribution in [1.82, 2.24) is 0 Å². The van der Waals surface area contributed by atoms with Gasteiger partial charge in [0, 0.05) is 0 Å². The molecule has 0 saturated heterocycles. The van der Waals surface area contributed by atoms with Crippen LogP contribution in [0.3, 0.4) is 0 Å². The maximum atomic E-state index is 11.8. The van der Waals surface area contributed by atoms with Crippen LogP contribution in [0.1, 0.15) is 20.3 Å². The molecule has 0 aromatic heterocycles. The zero-order valence-electron chi connectivity index (χ0n) is 10.8. The summed E-state index contributed by atoms with van der Waals surface area (Å²) in [5, 5.41) is 0. The van der Waals surface area contributed by atoms with Crippen molar-refractivity contribution in [3.63, 3.8) is 0 Å². The first-order valence-corrected chi connectivity index (χ1v) is 7.29. The van der Waals surface area contributed by atoms with Crippen molar-refractivity contribution >= 4 is 16.1 Å². The molecule has 6 heteroatoms. The first-order chi connectivity index (χ1) is 9.01. The number of carbonyl (C=O) groups is 1. The number of allylic oxidation sites excluding steroid dienone is 1. The van der Waals surface area contributed by atoms with E-state index in [4.69, 9.17) is 4.74 Å². The molecular formula is C13H16O5S. The molecule has 0 amide bonds. The summed E-state index contributed by atoms with van der Waals surface area (Å²) in [5.74, 6) is -1.10. The molecule has 0 spiro atoms. The Morgan fingerprint density at radius 1 is 1.21 bits per heavy atom. The molecule has 0 atom stereocenters. The predicted molar refractivity (Wildman–Crippen MR) is 69.7 cm³/mol. The molecule has 104 valence electrons. The number of hydrogen-bond donors (Lipinski definition) is 0. The highest BCUT2D eigenvalue weighted by Gasteiger charge is 2.23. The molecule has 5 nitrogen and oxygen atoms in total. The molecule has 1 rings (SSSR count). The van der Waals surface area contributed by atoms with Gasteiger partial charge in [-0.3, -0.25) is 0 Å². The van der Waals surface area contributed by atoms with Gasteiger partial charge in [-0.25, -0.2) is 4.79 Å². The summed E-state index contributed by atoms with van der Waals surface area (Å²) in [6.45, 7) is 3.76. The number of ether oxygens (including phenoxy) is 1. The molecule has 0 aliphatic heterocycles. The minimum Gasteiger partial charge on any atom is -0.487 e. The fraction of sp³-hybridized carbons (Fsp3) is 0.308. The molecule has 0 saturated carbocycles. The molecular weight excluding hydrogens is 268 g/mol. The van der Waals surface area contributed by atoms with Gasteiger partial charge in [0.05, 0.1) is 6.61 Å². The monoisotopic (exact) mass is 284 g/mol.